The van der Waals surface area contributed by atoms with Gasteiger partial charge in [-0.2, -0.15) is 0 Å². The molecule has 0 bridgehead atoms. The van der Waals surface area contributed by atoms with Gasteiger partial charge in [-0.05, 0) is 43.6 Å². The molecule has 2 nitrogen and oxygen atoms in total. The van der Waals surface area contributed by atoms with Crippen molar-refractivity contribution in [1.82, 2.24) is 4.67 Å². The van der Waals surface area contributed by atoms with E-state index in [0.29, 0.717) is 5.41 Å². The van der Waals surface area contributed by atoms with Crippen LogP contribution in [0.15, 0.2) is 0 Å². The highest BCUT2D eigenvalue weighted by molar-refractivity contribution is 7.13. The van der Waals surface area contributed by atoms with Gasteiger partial charge in [-0.15, -0.1) is 0 Å². The van der Waals surface area contributed by atoms with Crippen molar-refractivity contribution in [1.29, 1.82) is 0 Å². The van der Waals surface area contributed by atoms with Crippen LogP contribution >= 0.6 is 9.39 Å². The maximum absolute atomic E-state index is 5.96. The summed E-state index contributed by atoms with van der Waals surface area (Å²) in [5.41, 5.74) is 6.29. The molecule has 0 saturated carbocycles. The minimum absolute atomic E-state index is 0.324. The Morgan fingerprint density at radius 2 is 1.50 bits per heavy atom. The second-order valence-electron chi connectivity index (χ2n) is 6.62. The zero-order valence-corrected chi connectivity index (χ0v) is 13.6. The third kappa shape index (κ3) is 5.99. The van der Waals surface area contributed by atoms with Crippen molar-refractivity contribution in [3.63, 3.8) is 0 Å². The fourth-order valence-electron chi connectivity index (χ4n) is 2.97. The molecule has 2 atom stereocenters. The molecular formula is C15H33N2P. The molecule has 1 rings (SSSR count). The van der Waals surface area contributed by atoms with Gasteiger partial charge >= 0.3 is 0 Å². The van der Waals surface area contributed by atoms with Gasteiger partial charge in [-0.25, -0.2) is 0 Å². The Labute approximate surface area is 116 Å². The quantitative estimate of drug-likeness (QED) is 0.774. The fraction of sp³-hybridized carbons (Fsp3) is 1.00. The second-order valence-corrected chi connectivity index (χ2v) is 7.35. The highest BCUT2D eigenvalue weighted by Crippen LogP contribution is 2.34. The Morgan fingerprint density at radius 3 is 2.11 bits per heavy atom. The van der Waals surface area contributed by atoms with Crippen LogP contribution in [0, 0.1) is 11.3 Å². The van der Waals surface area contributed by atoms with E-state index in [1.165, 1.54) is 64.5 Å². The molecule has 0 aromatic heterocycles. The maximum Gasteiger partial charge on any atom is 0.00161 e. The summed E-state index contributed by atoms with van der Waals surface area (Å²) in [6.07, 6.45) is 11.0. The molecule has 1 saturated heterocycles. The predicted molar refractivity (Wildman–Crippen MR) is 84.5 cm³/mol. The Hall–Kier alpha value is 0.350. The Balaban J connectivity index is 2.47. The molecule has 1 aliphatic heterocycles. The van der Waals surface area contributed by atoms with E-state index in [-0.39, 0.29) is 0 Å². The first-order valence-corrected chi connectivity index (χ1v) is 8.27. The summed E-state index contributed by atoms with van der Waals surface area (Å²) >= 11 is 0. The summed E-state index contributed by atoms with van der Waals surface area (Å²) in [4.78, 5) is 0. The van der Waals surface area contributed by atoms with E-state index in [1.807, 2.05) is 0 Å². The van der Waals surface area contributed by atoms with Gasteiger partial charge in [-0.1, -0.05) is 48.9 Å². The van der Waals surface area contributed by atoms with Crippen LogP contribution in [-0.2, 0) is 0 Å². The van der Waals surface area contributed by atoms with Crippen molar-refractivity contribution in [2.45, 2.75) is 65.2 Å². The Kier molecular flexibility index (Phi) is 7.75. The number of hydrogen-bond acceptors (Lipinski definition) is 2. The number of nitrogens with two attached hydrogens (primary N) is 1. The van der Waals surface area contributed by atoms with Crippen LogP contribution in [0.1, 0.15) is 65.2 Å². The molecule has 0 spiro atoms. The van der Waals surface area contributed by atoms with Crippen molar-refractivity contribution in [3.05, 3.63) is 0 Å². The first kappa shape index (κ1) is 16.4. The standard InChI is InChI=1S/C15H33N2P/c1-15(2,13-16)14-9-5-3-4-7-11-17(18)12-8-6-10-14/h14H,3-13,16,18H2,1-2H3. The number of hydrogen-bond donors (Lipinski definition) is 1. The molecular weight excluding hydrogens is 239 g/mol. The van der Waals surface area contributed by atoms with Gasteiger partial charge in [0.2, 0.25) is 0 Å². The van der Waals surface area contributed by atoms with Crippen molar-refractivity contribution < 1.29 is 0 Å². The lowest BCUT2D eigenvalue weighted by molar-refractivity contribution is 0.184. The summed E-state index contributed by atoms with van der Waals surface area (Å²) in [7, 11) is 2.89. The summed E-state index contributed by atoms with van der Waals surface area (Å²) < 4.78 is 2.42. The topological polar surface area (TPSA) is 29.3 Å². The van der Waals surface area contributed by atoms with Gasteiger partial charge in [0.1, 0.15) is 0 Å². The van der Waals surface area contributed by atoms with E-state index in [2.05, 4.69) is 27.9 Å². The predicted octanol–water partition coefficient (Wildman–Crippen LogP) is 3.81. The first-order valence-electron chi connectivity index (χ1n) is 7.76. The number of nitrogens with zero attached hydrogens (tertiary/aromatic N) is 1. The largest absolute Gasteiger partial charge is 0.330 e. The maximum atomic E-state index is 5.96. The Morgan fingerprint density at radius 1 is 1.00 bits per heavy atom. The van der Waals surface area contributed by atoms with Gasteiger partial charge in [0.25, 0.3) is 0 Å². The third-order valence-corrected chi connectivity index (χ3v) is 5.14. The average molecular weight is 272 g/mol. The van der Waals surface area contributed by atoms with Crippen LogP contribution in [-0.4, -0.2) is 24.3 Å². The summed E-state index contributed by atoms with van der Waals surface area (Å²) in [5, 5.41) is 0. The van der Waals surface area contributed by atoms with Gasteiger partial charge < -0.3 is 5.73 Å². The van der Waals surface area contributed by atoms with Gasteiger partial charge in [0.15, 0.2) is 0 Å². The zero-order chi connectivity index (χ0) is 13.4. The Bertz CT molecular complexity index is 219. The molecule has 0 amide bonds. The van der Waals surface area contributed by atoms with Gasteiger partial charge in [0.05, 0.1) is 0 Å². The molecule has 3 heteroatoms. The van der Waals surface area contributed by atoms with Gasteiger partial charge in [0, 0.05) is 13.1 Å². The monoisotopic (exact) mass is 272 g/mol. The smallest absolute Gasteiger partial charge is 0.00161 e. The summed E-state index contributed by atoms with van der Waals surface area (Å²) in [5.74, 6) is 0.819. The molecule has 1 aliphatic rings. The second kappa shape index (κ2) is 8.51. The third-order valence-electron chi connectivity index (χ3n) is 4.63. The SMILES string of the molecule is CC(C)(CN)C1CCCCCCN(P)CCCC1. The molecule has 2 N–H and O–H groups in total. The van der Waals surface area contributed by atoms with Crippen LogP contribution in [0.3, 0.4) is 0 Å². The molecule has 1 heterocycles. The molecule has 108 valence electrons. The van der Waals surface area contributed by atoms with E-state index >= 15 is 0 Å². The van der Waals surface area contributed by atoms with E-state index in [4.69, 9.17) is 5.73 Å². The minimum atomic E-state index is 0.324. The highest BCUT2D eigenvalue weighted by Gasteiger charge is 2.27. The van der Waals surface area contributed by atoms with E-state index in [0.717, 1.165) is 12.5 Å². The van der Waals surface area contributed by atoms with Crippen LogP contribution < -0.4 is 5.73 Å². The normalized spacial score (nSPS) is 26.3. The van der Waals surface area contributed by atoms with Crippen LogP contribution in [0.5, 0.6) is 0 Å². The molecule has 2 unspecified atom stereocenters. The minimum Gasteiger partial charge on any atom is -0.330 e. The highest BCUT2D eigenvalue weighted by atomic mass is 31.0. The van der Waals surface area contributed by atoms with Crippen LogP contribution in [0.25, 0.3) is 0 Å². The van der Waals surface area contributed by atoms with Crippen LogP contribution in [0.4, 0.5) is 0 Å². The van der Waals surface area contributed by atoms with E-state index in [9.17, 15) is 0 Å². The first-order chi connectivity index (χ1) is 8.56. The molecule has 1 fully saturated rings. The molecule has 18 heavy (non-hydrogen) atoms. The van der Waals surface area contributed by atoms with Crippen molar-refractivity contribution in [2.24, 2.45) is 17.1 Å². The zero-order valence-electron chi connectivity index (χ0n) is 12.5. The van der Waals surface area contributed by atoms with E-state index < -0.39 is 0 Å². The van der Waals surface area contributed by atoms with Gasteiger partial charge in [-0.3, -0.25) is 4.67 Å². The lowest BCUT2D eigenvalue weighted by Gasteiger charge is -2.34. The van der Waals surface area contributed by atoms with Crippen molar-refractivity contribution in [2.75, 3.05) is 19.6 Å². The van der Waals surface area contributed by atoms with Crippen molar-refractivity contribution in [3.8, 4) is 0 Å². The molecule has 0 aromatic rings. The molecule has 0 aliphatic carbocycles. The van der Waals surface area contributed by atoms with Crippen molar-refractivity contribution >= 4 is 9.39 Å². The molecule has 0 aromatic carbocycles. The lowest BCUT2D eigenvalue weighted by atomic mass is 9.73. The fourth-order valence-corrected chi connectivity index (χ4v) is 3.33. The van der Waals surface area contributed by atoms with E-state index in [1.54, 1.807) is 0 Å². The lowest BCUT2D eigenvalue weighted by Crippen LogP contribution is -2.32. The summed E-state index contributed by atoms with van der Waals surface area (Å²) in [6, 6.07) is 0. The number of rotatable bonds is 2. The van der Waals surface area contributed by atoms with Crippen LogP contribution in [0.2, 0.25) is 0 Å². The molecule has 0 radical (unpaired) electrons. The summed E-state index contributed by atoms with van der Waals surface area (Å²) in [6.45, 7) is 8.02. The average Bonchev–Trinajstić information content (AvgIpc) is 2.33.